The summed E-state index contributed by atoms with van der Waals surface area (Å²) in [6, 6.07) is 10.2. The van der Waals surface area contributed by atoms with Crippen molar-refractivity contribution in [1.82, 2.24) is 20.7 Å². The molecule has 8 heteroatoms. The molecular weight excluding hydrogens is 376 g/mol. The van der Waals surface area contributed by atoms with Crippen LogP contribution in [0.5, 0.6) is 0 Å². The molecule has 1 unspecified atom stereocenters. The molecule has 3 rings (SSSR count). The summed E-state index contributed by atoms with van der Waals surface area (Å²) in [5.74, 6) is -1.37. The molecule has 2 aromatic heterocycles. The van der Waals surface area contributed by atoms with E-state index in [1.165, 1.54) is 11.3 Å². The molecule has 0 bridgehead atoms. The monoisotopic (exact) mass is 398 g/mol. The number of amides is 3. The third-order valence-corrected chi connectivity index (χ3v) is 5.29. The molecule has 3 amide bonds. The Balaban J connectivity index is 1.67. The van der Waals surface area contributed by atoms with Gasteiger partial charge in [-0.25, -0.2) is 0 Å². The number of fused-ring (bicyclic) bond motifs is 1. The van der Waals surface area contributed by atoms with Crippen LogP contribution in [0.25, 0.3) is 10.9 Å². The lowest BCUT2D eigenvalue weighted by Gasteiger charge is -2.21. The van der Waals surface area contributed by atoms with Crippen molar-refractivity contribution in [3.05, 3.63) is 58.4 Å². The van der Waals surface area contributed by atoms with Crippen LogP contribution >= 0.6 is 11.3 Å². The first-order valence-electron chi connectivity index (χ1n) is 8.87. The SMILES string of the molecule is CC(C)C(NC(=O)c1cccs1)C(=O)NNC(=O)c1cn(C)c2ccccc12. The van der Waals surface area contributed by atoms with Crippen LogP contribution in [0, 0.1) is 5.92 Å². The van der Waals surface area contributed by atoms with E-state index < -0.39 is 17.9 Å². The van der Waals surface area contributed by atoms with Gasteiger partial charge in [0.25, 0.3) is 17.7 Å². The maximum absolute atomic E-state index is 12.6. The molecule has 28 heavy (non-hydrogen) atoms. The lowest BCUT2D eigenvalue weighted by atomic mass is 10.0. The van der Waals surface area contributed by atoms with Gasteiger partial charge in [-0.3, -0.25) is 25.2 Å². The highest BCUT2D eigenvalue weighted by Gasteiger charge is 2.25. The number of carbonyl (C=O) groups is 3. The van der Waals surface area contributed by atoms with E-state index in [0.717, 1.165) is 10.9 Å². The number of nitrogens with zero attached hydrogens (tertiary/aromatic N) is 1. The predicted molar refractivity (Wildman–Crippen MR) is 109 cm³/mol. The van der Waals surface area contributed by atoms with Gasteiger partial charge in [0.15, 0.2) is 0 Å². The zero-order chi connectivity index (χ0) is 20.3. The van der Waals surface area contributed by atoms with Crippen molar-refractivity contribution in [2.75, 3.05) is 0 Å². The average molecular weight is 398 g/mol. The number of hydrogen-bond donors (Lipinski definition) is 3. The fourth-order valence-corrected chi connectivity index (χ4v) is 3.57. The maximum Gasteiger partial charge on any atom is 0.271 e. The number of hydrazine groups is 1. The summed E-state index contributed by atoms with van der Waals surface area (Å²) in [4.78, 5) is 37.9. The highest BCUT2D eigenvalue weighted by atomic mass is 32.1. The van der Waals surface area contributed by atoms with E-state index in [4.69, 9.17) is 0 Å². The number of para-hydroxylation sites is 1. The molecule has 3 aromatic rings. The molecule has 0 spiro atoms. The van der Waals surface area contributed by atoms with Gasteiger partial charge in [0.05, 0.1) is 10.4 Å². The van der Waals surface area contributed by atoms with Crippen molar-refractivity contribution in [1.29, 1.82) is 0 Å². The Labute approximate surface area is 166 Å². The first-order valence-corrected chi connectivity index (χ1v) is 9.75. The van der Waals surface area contributed by atoms with Gasteiger partial charge in [-0.1, -0.05) is 38.1 Å². The molecule has 146 valence electrons. The molecule has 0 aliphatic rings. The van der Waals surface area contributed by atoms with Gasteiger partial charge < -0.3 is 9.88 Å². The molecule has 3 N–H and O–H groups in total. The summed E-state index contributed by atoms with van der Waals surface area (Å²) in [5, 5.41) is 5.31. The fraction of sp³-hybridized carbons (Fsp3) is 0.250. The number of benzene rings is 1. The largest absolute Gasteiger partial charge is 0.350 e. The molecule has 0 aliphatic heterocycles. The minimum atomic E-state index is -0.776. The normalized spacial score (nSPS) is 12.0. The molecule has 1 atom stereocenters. The third-order valence-electron chi connectivity index (χ3n) is 4.42. The lowest BCUT2D eigenvalue weighted by Crippen LogP contribution is -2.54. The Hall–Kier alpha value is -3.13. The van der Waals surface area contributed by atoms with Crippen LogP contribution in [0.2, 0.25) is 0 Å². The predicted octanol–water partition coefficient (Wildman–Crippen LogP) is 2.46. The number of hydrogen-bond acceptors (Lipinski definition) is 4. The Morgan fingerprint density at radius 1 is 1.00 bits per heavy atom. The number of thiophene rings is 1. The Morgan fingerprint density at radius 3 is 2.43 bits per heavy atom. The number of aromatic nitrogens is 1. The van der Waals surface area contributed by atoms with Gasteiger partial charge in [-0.2, -0.15) is 0 Å². The minimum Gasteiger partial charge on any atom is -0.350 e. The second-order valence-corrected chi connectivity index (χ2v) is 7.73. The number of aryl methyl sites for hydroxylation is 1. The van der Waals surface area contributed by atoms with Crippen molar-refractivity contribution >= 4 is 40.0 Å². The van der Waals surface area contributed by atoms with E-state index in [-0.39, 0.29) is 11.8 Å². The van der Waals surface area contributed by atoms with Crippen molar-refractivity contribution < 1.29 is 14.4 Å². The van der Waals surface area contributed by atoms with Crippen molar-refractivity contribution in [2.24, 2.45) is 13.0 Å². The van der Waals surface area contributed by atoms with Crippen molar-refractivity contribution in [3.8, 4) is 0 Å². The van der Waals surface area contributed by atoms with Crippen LogP contribution < -0.4 is 16.2 Å². The number of carbonyl (C=O) groups excluding carboxylic acids is 3. The van der Waals surface area contributed by atoms with E-state index in [1.54, 1.807) is 23.7 Å². The highest BCUT2D eigenvalue weighted by Crippen LogP contribution is 2.19. The summed E-state index contributed by atoms with van der Waals surface area (Å²) in [5.41, 5.74) is 6.25. The summed E-state index contributed by atoms with van der Waals surface area (Å²) < 4.78 is 1.85. The second-order valence-electron chi connectivity index (χ2n) is 6.79. The van der Waals surface area contributed by atoms with Gasteiger partial charge in [-0.15, -0.1) is 11.3 Å². The van der Waals surface area contributed by atoms with E-state index in [0.29, 0.717) is 10.4 Å². The van der Waals surface area contributed by atoms with Crippen LogP contribution in [0.1, 0.15) is 33.9 Å². The van der Waals surface area contributed by atoms with E-state index in [1.807, 2.05) is 49.7 Å². The zero-order valence-corrected chi connectivity index (χ0v) is 16.7. The highest BCUT2D eigenvalue weighted by molar-refractivity contribution is 7.12. The molecule has 0 radical (unpaired) electrons. The molecule has 0 aliphatic carbocycles. The van der Waals surface area contributed by atoms with Crippen molar-refractivity contribution in [3.63, 3.8) is 0 Å². The maximum atomic E-state index is 12.6. The second kappa shape index (κ2) is 8.26. The minimum absolute atomic E-state index is 0.154. The number of rotatable bonds is 5. The zero-order valence-electron chi connectivity index (χ0n) is 15.9. The van der Waals surface area contributed by atoms with Gasteiger partial charge in [-0.05, 0) is 23.4 Å². The van der Waals surface area contributed by atoms with Gasteiger partial charge >= 0.3 is 0 Å². The van der Waals surface area contributed by atoms with Crippen LogP contribution in [-0.4, -0.2) is 28.3 Å². The van der Waals surface area contributed by atoms with Crippen LogP contribution in [-0.2, 0) is 11.8 Å². The Morgan fingerprint density at radius 2 is 1.75 bits per heavy atom. The topological polar surface area (TPSA) is 92.2 Å². The Bertz CT molecular complexity index is 1010. The molecule has 1 aromatic carbocycles. The quantitative estimate of drug-likeness (QED) is 0.577. The smallest absolute Gasteiger partial charge is 0.271 e. The standard InChI is InChI=1S/C20H22N4O3S/c1-12(2)17(21-19(26)16-9-6-10-28-16)20(27)23-22-18(25)14-11-24(3)15-8-5-4-7-13(14)15/h4-12,17H,1-3H3,(H,21,26)(H,22,25)(H,23,27). The molecule has 0 saturated carbocycles. The first-order chi connectivity index (χ1) is 13.4. The summed E-state index contributed by atoms with van der Waals surface area (Å²) >= 11 is 1.30. The number of nitrogens with one attached hydrogen (secondary N) is 3. The lowest BCUT2D eigenvalue weighted by molar-refractivity contribution is -0.124. The van der Waals surface area contributed by atoms with Crippen LogP contribution in [0.15, 0.2) is 48.0 Å². The summed E-state index contributed by atoms with van der Waals surface area (Å²) in [7, 11) is 1.85. The Kier molecular flexibility index (Phi) is 5.79. The van der Waals surface area contributed by atoms with Crippen LogP contribution in [0.3, 0.4) is 0 Å². The van der Waals surface area contributed by atoms with E-state index in [2.05, 4.69) is 16.2 Å². The molecule has 7 nitrogen and oxygen atoms in total. The average Bonchev–Trinajstić information content (AvgIpc) is 3.32. The van der Waals surface area contributed by atoms with Crippen molar-refractivity contribution in [2.45, 2.75) is 19.9 Å². The third kappa shape index (κ3) is 4.07. The molecule has 0 saturated heterocycles. The first kappa shape index (κ1) is 19.6. The van der Waals surface area contributed by atoms with Gasteiger partial charge in [0, 0.05) is 24.1 Å². The summed E-state index contributed by atoms with van der Waals surface area (Å²) in [6.45, 7) is 3.65. The molecule has 2 heterocycles. The van der Waals surface area contributed by atoms with E-state index >= 15 is 0 Å². The van der Waals surface area contributed by atoms with Gasteiger partial charge in [0.1, 0.15) is 6.04 Å². The van der Waals surface area contributed by atoms with Gasteiger partial charge in [0.2, 0.25) is 0 Å². The molecular formula is C20H22N4O3S. The summed E-state index contributed by atoms with van der Waals surface area (Å²) in [6.07, 6.45) is 1.71. The van der Waals surface area contributed by atoms with E-state index in [9.17, 15) is 14.4 Å². The fourth-order valence-electron chi connectivity index (χ4n) is 2.94. The van der Waals surface area contributed by atoms with Crippen LogP contribution in [0.4, 0.5) is 0 Å². The molecule has 0 fully saturated rings.